The number of carbonyl (C=O) groups is 1. The van der Waals surface area contributed by atoms with Gasteiger partial charge in [-0.3, -0.25) is 0 Å². The highest BCUT2D eigenvalue weighted by atomic mass is 79.9. The summed E-state index contributed by atoms with van der Waals surface area (Å²) in [5, 5.41) is 18.4. The maximum atomic E-state index is 14.2. The fraction of sp³-hybridized carbons (Fsp3) is 0.226. The number of halogens is 2. The quantitative estimate of drug-likeness (QED) is 0.167. The summed E-state index contributed by atoms with van der Waals surface area (Å²) in [5.74, 6) is -0.538. The summed E-state index contributed by atoms with van der Waals surface area (Å²) in [4.78, 5) is 23.5. The van der Waals surface area contributed by atoms with E-state index in [4.69, 9.17) is 9.72 Å². The highest BCUT2D eigenvalue weighted by Crippen LogP contribution is 2.39. The Bertz CT molecular complexity index is 1660. The highest BCUT2D eigenvalue weighted by molar-refractivity contribution is 9.10. The van der Waals surface area contributed by atoms with E-state index in [-0.39, 0.29) is 28.6 Å². The number of ether oxygens (including phenoxy) is 1. The van der Waals surface area contributed by atoms with Crippen LogP contribution >= 0.6 is 15.9 Å². The van der Waals surface area contributed by atoms with Crippen molar-refractivity contribution in [1.29, 1.82) is 0 Å². The number of methoxy groups -OCH3 is 1. The third kappa shape index (κ3) is 6.06. The van der Waals surface area contributed by atoms with Gasteiger partial charge in [0, 0.05) is 18.7 Å². The van der Waals surface area contributed by atoms with Gasteiger partial charge in [-0.2, -0.15) is 9.61 Å². The lowest BCUT2D eigenvalue weighted by atomic mass is 9.96. The summed E-state index contributed by atoms with van der Waals surface area (Å²) in [6.07, 6.45) is 2.40. The number of rotatable bonds is 10. The Hall–Kier alpha value is -4.51. The van der Waals surface area contributed by atoms with Crippen molar-refractivity contribution in [2.45, 2.75) is 33.0 Å². The van der Waals surface area contributed by atoms with Crippen LogP contribution in [-0.2, 0) is 17.8 Å². The van der Waals surface area contributed by atoms with Gasteiger partial charge in [-0.15, -0.1) is 0 Å². The number of anilines is 2. The van der Waals surface area contributed by atoms with Crippen molar-refractivity contribution in [2.75, 3.05) is 17.3 Å². The second-order valence-corrected chi connectivity index (χ2v) is 10.9. The number of hydrogen-bond donors (Lipinski definition) is 2. The van der Waals surface area contributed by atoms with E-state index in [2.05, 4.69) is 36.2 Å². The first-order valence-corrected chi connectivity index (χ1v) is 14.2. The van der Waals surface area contributed by atoms with Crippen LogP contribution in [-0.4, -0.2) is 37.8 Å². The number of esters is 1. The summed E-state index contributed by atoms with van der Waals surface area (Å²) in [6.45, 7) is 4.90. The van der Waals surface area contributed by atoms with Crippen LogP contribution in [0.25, 0.3) is 5.65 Å². The Kier molecular flexibility index (Phi) is 8.67. The van der Waals surface area contributed by atoms with Crippen LogP contribution in [0.15, 0.2) is 83.6 Å². The van der Waals surface area contributed by atoms with E-state index >= 15 is 0 Å². The molecular weight excluding hydrogens is 603 g/mol. The van der Waals surface area contributed by atoms with E-state index in [1.807, 2.05) is 74.5 Å². The molecule has 0 aliphatic rings. The van der Waals surface area contributed by atoms with Crippen molar-refractivity contribution in [2.24, 2.45) is 5.92 Å². The number of hydrogen-bond acceptors (Lipinski definition) is 8. The predicted octanol–water partition coefficient (Wildman–Crippen LogP) is 6.53. The summed E-state index contributed by atoms with van der Waals surface area (Å²) in [5.41, 5.74) is 2.88. The molecule has 0 spiro atoms. The monoisotopic (exact) mass is 632 g/mol. The number of pyridine rings is 1. The van der Waals surface area contributed by atoms with Gasteiger partial charge in [0.1, 0.15) is 21.7 Å². The number of aromatic hydroxyl groups is 1. The van der Waals surface area contributed by atoms with Gasteiger partial charge in [-0.25, -0.2) is 19.2 Å². The zero-order valence-corrected chi connectivity index (χ0v) is 24.9. The van der Waals surface area contributed by atoms with Gasteiger partial charge in [-0.1, -0.05) is 74.5 Å². The summed E-state index contributed by atoms with van der Waals surface area (Å²) < 4.78 is 21.4. The van der Waals surface area contributed by atoms with Gasteiger partial charge in [-0.05, 0) is 39.0 Å². The molecule has 2 aromatic carbocycles. The molecule has 0 amide bonds. The molecule has 0 aliphatic carbocycles. The summed E-state index contributed by atoms with van der Waals surface area (Å²) in [6, 6.07) is 20.7. The largest absolute Gasteiger partial charge is 0.493 e. The smallest absolute Gasteiger partial charge is 0.343 e. The highest BCUT2D eigenvalue weighted by Gasteiger charge is 2.28. The van der Waals surface area contributed by atoms with Crippen LogP contribution in [0.5, 0.6) is 5.88 Å². The molecule has 2 N–H and O–H groups in total. The van der Waals surface area contributed by atoms with Crippen molar-refractivity contribution in [3.63, 3.8) is 0 Å². The Balaban J connectivity index is 1.71. The van der Waals surface area contributed by atoms with Crippen LogP contribution in [0.4, 0.5) is 16.0 Å². The lowest BCUT2D eigenvalue weighted by Gasteiger charge is -2.29. The van der Waals surface area contributed by atoms with Crippen LogP contribution in [0, 0.1) is 11.7 Å². The van der Waals surface area contributed by atoms with Crippen molar-refractivity contribution in [1.82, 2.24) is 19.6 Å². The molecule has 0 radical (unpaired) electrons. The fourth-order valence-corrected chi connectivity index (χ4v) is 5.44. The van der Waals surface area contributed by atoms with Gasteiger partial charge in [0.05, 0.1) is 25.5 Å². The minimum Gasteiger partial charge on any atom is -0.493 e. The van der Waals surface area contributed by atoms with E-state index in [0.717, 1.165) is 17.3 Å². The van der Waals surface area contributed by atoms with Gasteiger partial charge >= 0.3 is 5.97 Å². The Labute approximate surface area is 251 Å². The molecule has 5 aromatic rings. The molecule has 42 heavy (non-hydrogen) atoms. The van der Waals surface area contributed by atoms with Gasteiger partial charge in [0.15, 0.2) is 11.5 Å². The van der Waals surface area contributed by atoms with Crippen LogP contribution in [0.3, 0.4) is 0 Å². The topological polar surface area (TPSA) is 105 Å². The van der Waals surface area contributed by atoms with Crippen LogP contribution in [0.2, 0.25) is 0 Å². The average Bonchev–Trinajstić information content (AvgIpc) is 3.41. The molecule has 5 rings (SSSR count). The minimum absolute atomic E-state index is 0.109. The van der Waals surface area contributed by atoms with Gasteiger partial charge in [0.2, 0.25) is 5.88 Å². The number of benzene rings is 2. The standard InChI is InChI=1S/C31H30BrFN6O3/c1-19(2)26(23-14-22(33)15-34-29(23)40)36-27-25(32)30(39-28(37-27)24(16-35-39)31(41)42-3)38(17-20-10-6-4-7-11-20)18-21-12-8-5-9-13-21/h4-16,19,26H,17-18H2,1-3H3,(H,34,40)(H,36,37)/t26-/m1/s1. The third-order valence-corrected chi connectivity index (χ3v) is 7.59. The SMILES string of the molecule is COC(=O)c1cnn2c(N(Cc3ccccc3)Cc3ccccc3)c(Br)c(N[C@@H](c3cc(F)cnc3O)C(C)C)nc12. The molecule has 0 aliphatic heterocycles. The third-order valence-electron chi connectivity index (χ3n) is 6.86. The zero-order valence-electron chi connectivity index (χ0n) is 23.3. The average molecular weight is 634 g/mol. The molecule has 11 heteroatoms. The minimum atomic E-state index is -0.582. The first kappa shape index (κ1) is 29.0. The van der Waals surface area contributed by atoms with Gasteiger partial charge in [0.25, 0.3) is 0 Å². The lowest BCUT2D eigenvalue weighted by molar-refractivity contribution is 0.0602. The van der Waals surface area contributed by atoms with Crippen molar-refractivity contribution in [3.05, 3.63) is 112 Å². The second-order valence-electron chi connectivity index (χ2n) is 10.1. The molecular formula is C31H30BrFN6O3. The van der Waals surface area contributed by atoms with Crippen molar-refractivity contribution in [3.8, 4) is 5.88 Å². The van der Waals surface area contributed by atoms with Crippen molar-refractivity contribution >= 4 is 39.2 Å². The number of carbonyl (C=O) groups excluding carboxylic acids is 1. The zero-order chi connectivity index (χ0) is 29.8. The Morgan fingerprint density at radius 2 is 1.69 bits per heavy atom. The molecule has 0 fully saturated rings. The molecule has 3 heterocycles. The maximum Gasteiger partial charge on any atom is 0.343 e. The second kappa shape index (κ2) is 12.6. The first-order chi connectivity index (χ1) is 20.3. The van der Waals surface area contributed by atoms with Crippen molar-refractivity contribution < 1.29 is 19.0 Å². The van der Waals surface area contributed by atoms with Crippen LogP contribution in [0.1, 0.15) is 46.9 Å². The van der Waals surface area contributed by atoms with Gasteiger partial charge < -0.3 is 20.1 Å². The molecule has 0 bridgehead atoms. The summed E-state index contributed by atoms with van der Waals surface area (Å²) in [7, 11) is 1.30. The molecule has 9 nitrogen and oxygen atoms in total. The Morgan fingerprint density at radius 3 is 2.26 bits per heavy atom. The molecule has 216 valence electrons. The van der Waals surface area contributed by atoms with E-state index in [0.29, 0.717) is 29.2 Å². The number of fused-ring (bicyclic) bond motifs is 1. The van der Waals surface area contributed by atoms with E-state index in [1.165, 1.54) is 19.4 Å². The van der Waals surface area contributed by atoms with E-state index in [1.54, 1.807) is 4.52 Å². The lowest BCUT2D eigenvalue weighted by Crippen LogP contribution is -2.26. The first-order valence-electron chi connectivity index (χ1n) is 13.4. The maximum absolute atomic E-state index is 14.2. The number of nitrogens with zero attached hydrogens (tertiary/aromatic N) is 5. The molecule has 0 saturated carbocycles. The van der Waals surface area contributed by atoms with E-state index in [9.17, 15) is 14.3 Å². The fourth-order valence-electron chi connectivity index (χ4n) is 4.82. The van der Waals surface area contributed by atoms with Crippen LogP contribution < -0.4 is 10.2 Å². The Morgan fingerprint density at radius 1 is 1.07 bits per heavy atom. The van der Waals surface area contributed by atoms with E-state index < -0.39 is 17.8 Å². The molecule has 0 unspecified atom stereocenters. The predicted molar refractivity (Wildman–Crippen MR) is 162 cm³/mol. The normalized spacial score (nSPS) is 12.0. The summed E-state index contributed by atoms with van der Waals surface area (Å²) >= 11 is 3.78. The molecule has 1 atom stereocenters. The number of aromatic nitrogens is 4. The molecule has 0 saturated heterocycles. The number of nitrogens with one attached hydrogen (secondary N) is 1. The molecule has 3 aromatic heterocycles.